The molecule has 0 aliphatic carbocycles. The first-order valence-corrected chi connectivity index (χ1v) is 7.84. The van der Waals surface area contributed by atoms with Gasteiger partial charge in [0.15, 0.2) is 0 Å². The Kier molecular flexibility index (Phi) is 9.00. The molecule has 0 bridgehead atoms. The van der Waals surface area contributed by atoms with Crippen LogP contribution in [0.1, 0.15) is 44.9 Å². The van der Waals surface area contributed by atoms with Gasteiger partial charge >= 0.3 is 0 Å². The van der Waals surface area contributed by atoms with Crippen molar-refractivity contribution in [3.05, 3.63) is 0 Å². The van der Waals surface area contributed by atoms with Crippen molar-refractivity contribution in [3.8, 4) is 0 Å². The van der Waals surface area contributed by atoms with Gasteiger partial charge in [-0.25, -0.2) is 0 Å². The van der Waals surface area contributed by atoms with E-state index >= 15 is 0 Å². The summed E-state index contributed by atoms with van der Waals surface area (Å²) in [5.74, 6) is 0. The van der Waals surface area contributed by atoms with Crippen LogP contribution in [0.3, 0.4) is 0 Å². The van der Waals surface area contributed by atoms with Gasteiger partial charge in [-0.1, -0.05) is 29.0 Å². The zero-order chi connectivity index (χ0) is 10.8. The third-order valence-corrected chi connectivity index (χ3v) is 3.65. The smallest absolute Gasteiger partial charge is 0.0576 e. The Labute approximate surface area is 108 Å². The summed E-state index contributed by atoms with van der Waals surface area (Å²) >= 11 is 2.45. The Morgan fingerprint density at radius 3 is 2.73 bits per heavy atom. The minimum Gasteiger partial charge on any atom is -0.378 e. The summed E-state index contributed by atoms with van der Waals surface area (Å²) in [6.45, 7) is 3.36. The highest BCUT2D eigenvalue weighted by Crippen LogP contribution is 2.16. The molecule has 1 heterocycles. The van der Waals surface area contributed by atoms with Gasteiger partial charge in [-0.05, 0) is 56.0 Å². The van der Waals surface area contributed by atoms with E-state index in [1.807, 2.05) is 0 Å². The van der Waals surface area contributed by atoms with E-state index in [4.69, 9.17) is 4.74 Å². The van der Waals surface area contributed by atoms with Gasteiger partial charge in [-0.15, -0.1) is 0 Å². The van der Waals surface area contributed by atoms with Gasteiger partial charge in [0.1, 0.15) is 0 Å². The molecule has 0 aromatic carbocycles. The Morgan fingerprint density at radius 1 is 1.13 bits per heavy atom. The van der Waals surface area contributed by atoms with Crippen LogP contribution in [0.15, 0.2) is 0 Å². The van der Waals surface area contributed by atoms with Crippen molar-refractivity contribution < 1.29 is 4.74 Å². The normalized spacial score (nSPS) is 21.0. The number of rotatable bonds is 9. The van der Waals surface area contributed by atoms with E-state index in [-0.39, 0.29) is 0 Å². The van der Waals surface area contributed by atoms with Crippen molar-refractivity contribution >= 4 is 22.6 Å². The van der Waals surface area contributed by atoms with Gasteiger partial charge in [-0.3, -0.25) is 0 Å². The molecule has 1 fully saturated rings. The fourth-order valence-corrected chi connectivity index (χ4v) is 2.51. The van der Waals surface area contributed by atoms with Crippen LogP contribution in [0.4, 0.5) is 0 Å². The Morgan fingerprint density at radius 2 is 2.00 bits per heavy atom. The SMILES string of the molecule is ICCCCCNCCCC1CCCO1. The highest BCUT2D eigenvalue weighted by Gasteiger charge is 2.13. The molecule has 1 rings (SSSR count). The summed E-state index contributed by atoms with van der Waals surface area (Å²) in [7, 11) is 0. The molecule has 90 valence electrons. The number of alkyl halides is 1. The zero-order valence-electron chi connectivity index (χ0n) is 9.64. The fraction of sp³-hybridized carbons (Fsp3) is 1.00. The summed E-state index contributed by atoms with van der Waals surface area (Å²) in [6.07, 6.45) is 9.75. The lowest BCUT2D eigenvalue weighted by molar-refractivity contribution is 0.102. The van der Waals surface area contributed by atoms with Gasteiger partial charge in [0, 0.05) is 6.61 Å². The third kappa shape index (κ3) is 7.53. The lowest BCUT2D eigenvalue weighted by Gasteiger charge is -2.09. The minimum absolute atomic E-state index is 0.575. The summed E-state index contributed by atoms with van der Waals surface area (Å²) in [5, 5.41) is 3.51. The van der Waals surface area contributed by atoms with Gasteiger partial charge < -0.3 is 10.1 Å². The second kappa shape index (κ2) is 9.85. The third-order valence-electron chi connectivity index (χ3n) is 2.89. The molecule has 0 aromatic heterocycles. The highest BCUT2D eigenvalue weighted by molar-refractivity contribution is 14.1. The van der Waals surface area contributed by atoms with Gasteiger partial charge in [0.05, 0.1) is 6.10 Å². The van der Waals surface area contributed by atoms with Gasteiger partial charge in [0.2, 0.25) is 0 Å². The van der Waals surface area contributed by atoms with Crippen LogP contribution in [-0.4, -0.2) is 30.2 Å². The quantitative estimate of drug-likeness (QED) is 0.399. The van der Waals surface area contributed by atoms with Crippen molar-refractivity contribution in [2.45, 2.75) is 51.0 Å². The van der Waals surface area contributed by atoms with E-state index in [0.717, 1.165) is 6.61 Å². The van der Waals surface area contributed by atoms with Crippen molar-refractivity contribution in [1.29, 1.82) is 0 Å². The summed E-state index contributed by atoms with van der Waals surface area (Å²) in [6, 6.07) is 0. The first-order valence-electron chi connectivity index (χ1n) is 6.32. The standard InChI is InChI=1S/C12H24INO/c13-8-2-1-3-9-14-10-4-6-12-7-5-11-15-12/h12,14H,1-11H2. The molecular weight excluding hydrogens is 301 g/mol. The maximum atomic E-state index is 5.58. The second-order valence-corrected chi connectivity index (χ2v) is 5.36. The summed E-state index contributed by atoms with van der Waals surface area (Å²) in [4.78, 5) is 0. The molecule has 1 aliphatic heterocycles. The lowest BCUT2D eigenvalue weighted by Crippen LogP contribution is -2.18. The number of hydrogen-bond donors (Lipinski definition) is 1. The number of hydrogen-bond acceptors (Lipinski definition) is 2. The van der Waals surface area contributed by atoms with Crippen LogP contribution in [0.25, 0.3) is 0 Å². The number of ether oxygens (including phenoxy) is 1. The number of nitrogens with one attached hydrogen (secondary N) is 1. The average molecular weight is 325 g/mol. The molecular formula is C12H24INO. The van der Waals surface area contributed by atoms with Crippen LogP contribution in [0.5, 0.6) is 0 Å². The van der Waals surface area contributed by atoms with E-state index < -0.39 is 0 Å². The predicted molar refractivity (Wildman–Crippen MR) is 73.8 cm³/mol. The molecule has 0 spiro atoms. The lowest BCUT2D eigenvalue weighted by atomic mass is 10.1. The molecule has 0 saturated carbocycles. The summed E-state index contributed by atoms with van der Waals surface area (Å²) in [5.41, 5.74) is 0. The summed E-state index contributed by atoms with van der Waals surface area (Å²) < 4.78 is 6.89. The Bertz CT molecular complexity index is 138. The van der Waals surface area contributed by atoms with Gasteiger partial charge in [0.25, 0.3) is 0 Å². The molecule has 0 amide bonds. The maximum absolute atomic E-state index is 5.58. The fourth-order valence-electron chi connectivity index (χ4n) is 1.97. The number of unbranched alkanes of at least 4 members (excludes halogenated alkanes) is 2. The zero-order valence-corrected chi connectivity index (χ0v) is 11.8. The molecule has 3 heteroatoms. The van der Waals surface area contributed by atoms with E-state index in [1.165, 1.54) is 62.5 Å². The second-order valence-electron chi connectivity index (χ2n) is 4.28. The van der Waals surface area contributed by atoms with Crippen LogP contribution in [0.2, 0.25) is 0 Å². The number of halogens is 1. The predicted octanol–water partition coefficient (Wildman–Crippen LogP) is 3.14. The van der Waals surface area contributed by atoms with Crippen molar-refractivity contribution in [2.75, 3.05) is 24.1 Å². The van der Waals surface area contributed by atoms with Gasteiger partial charge in [-0.2, -0.15) is 0 Å². The molecule has 15 heavy (non-hydrogen) atoms. The Hall–Kier alpha value is 0.650. The molecule has 1 atom stereocenters. The minimum atomic E-state index is 0.575. The Balaban J connectivity index is 1.73. The van der Waals surface area contributed by atoms with E-state index in [2.05, 4.69) is 27.9 Å². The molecule has 1 saturated heterocycles. The molecule has 1 unspecified atom stereocenters. The van der Waals surface area contributed by atoms with Crippen LogP contribution in [0, 0.1) is 0 Å². The average Bonchev–Trinajstić information content (AvgIpc) is 2.75. The van der Waals surface area contributed by atoms with Crippen LogP contribution < -0.4 is 5.32 Å². The van der Waals surface area contributed by atoms with E-state index in [0.29, 0.717) is 6.10 Å². The molecule has 0 radical (unpaired) electrons. The van der Waals surface area contributed by atoms with Crippen molar-refractivity contribution in [1.82, 2.24) is 5.32 Å². The molecule has 2 nitrogen and oxygen atoms in total. The van der Waals surface area contributed by atoms with Crippen LogP contribution >= 0.6 is 22.6 Å². The molecule has 1 aliphatic rings. The maximum Gasteiger partial charge on any atom is 0.0576 e. The van der Waals surface area contributed by atoms with Crippen LogP contribution in [-0.2, 0) is 4.74 Å². The molecule has 0 aromatic rings. The van der Waals surface area contributed by atoms with E-state index in [1.54, 1.807) is 0 Å². The van der Waals surface area contributed by atoms with Crippen molar-refractivity contribution in [3.63, 3.8) is 0 Å². The first-order chi connectivity index (χ1) is 7.43. The van der Waals surface area contributed by atoms with E-state index in [9.17, 15) is 0 Å². The van der Waals surface area contributed by atoms with Crippen molar-refractivity contribution in [2.24, 2.45) is 0 Å². The highest BCUT2D eigenvalue weighted by atomic mass is 127. The molecule has 1 N–H and O–H groups in total. The monoisotopic (exact) mass is 325 g/mol. The topological polar surface area (TPSA) is 21.3 Å². The first kappa shape index (κ1) is 13.7. The largest absolute Gasteiger partial charge is 0.378 e.